The molecule has 0 saturated heterocycles. The van der Waals surface area contributed by atoms with E-state index in [4.69, 9.17) is 18.9 Å². The molecule has 0 radical (unpaired) electrons. The second-order valence-electron chi connectivity index (χ2n) is 9.81. The second-order valence-corrected chi connectivity index (χ2v) is 9.81. The van der Waals surface area contributed by atoms with Crippen LogP contribution in [-0.2, 0) is 9.53 Å². The molecule has 3 aromatic carbocycles. The van der Waals surface area contributed by atoms with Gasteiger partial charge >= 0.3 is 11.9 Å². The van der Waals surface area contributed by atoms with Crippen molar-refractivity contribution in [3.8, 4) is 17.2 Å². The Labute approximate surface area is 249 Å². The number of rotatable bonds is 11. The molecule has 0 aromatic heterocycles. The van der Waals surface area contributed by atoms with Gasteiger partial charge < -0.3 is 18.9 Å². The highest BCUT2D eigenvalue weighted by atomic mass is 16.5. The first kappa shape index (κ1) is 35.4. The Balaban J connectivity index is 0.000000517. The molecule has 224 valence electrons. The first-order valence-electron chi connectivity index (χ1n) is 13.6. The number of methoxy groups -OCH3 is 1. The van der Waals surface area contributed by atoms with Gasteiger partial charge in [-0.05, 0) is 73.9 Å². The summed E-state index contributed by atoms with van der Waals surface area (Å²) < 4.78 is 20.9. The SMILES string of the molecule is C=CC(=O)OCCCOc1ccc(C(=O)Oc2ccc(C=O)cc2C=C)cc1.CC(C)C.COc1ccc(C)cc1C. The Morgan fingerprint density at radius 3 is 2.07 bits per heavy atom. The van der Waals surface area contributed by atoms with Crippen molar-refractivity contribution in [2.75, 3.05) is 20.3 Å². The van der Waals surface area contributed by atoms with Gasteiger partial charge in [0.2, 0.25) is 0 Å². The minimum absolute atomic E-state index is 0.240. The summed E-state index contributed by atoms with van der Waals surface area (Å²) >= 11 is 0. The molecule has 0 saturated carbocycles. The van der Waals surface area contributed by atoms with E-state index in [-0.39, 0.29) is 6.61 Å². The average Bonchev–Trinajstić information content (AvgIpc) is 2.97. The molecular weight excluding hydrogens is 532 g/mol. The molecule has 0 amide bonds. The number of esters is 2. The van der Waals surface area contributed by atoms with Crippen molar-refractivity contribution < 1.29 is 33.3 Å². The summed E-state index contributed by atoms with van der Waals surface area (Å²) in [6.45, 7) is 18.2. The fourth-order valence-corrected chi connectivity index (χ4v) is 3.25. The van der Waals surface area contributed by atoms with Crippen LogP contribution in [0.4, 0.5) is 0 Å². The predicted molar refractivity (Wildman–Crippen MR) is 168 cm³/mol. The Morgan fingerprint density at radius 2 is 1.52 bits per heavy atom. The first-order valence-corrected chi connectivity index (χ1v) is 13.6. The average molecular weight is 575 g/mol. The van der Waals surface area contributed by atoms with Gasteiger partial charge in [-0.25, -0.2) is 9.59 Å². The fourth-order valence-electron chi connectivity index (χ4n) is 3.25. The summed E-state index contributed by atoms with van der Waals surface area (Å²) in [5.41, 5.74) is 3.84. The van der Waals surface area contributed by atoms with E-state index in [1.54, 1.807) is 49.6 Å². The minimum Gasteiger partial charge on any atom is -0.496 e. The molecule has 3 aromatic rings. The van der Waals surface area contributed by atoms with Crippen LogP contribution >= 0.6 is 0 Å². The van der Waals surface area contributed by atoms with Gasteiger partial charge in [-0.15, -0.1) is 0 Å². The third kappa shape index (κ3) is 13.6. The van der Waals surface area contributed by atoms with Gasteiger partial charge in [0.15, 0.2) is 0 Å². The van der Waals surface area contributed by atoms with Crippen molar-refractivity contribution in [1.29, 1.82) is 0 Å². The Hall–Kier alpha value is -4.65. The summed E-state index contributed by atoms with van der Waals surface area (Å²) in [6.07, 6.45) is 3.86. The van der Waals surface area contributed by atoms with E-state index >= 15 is 0 Å². The van der Waals surface area contributed by atoms with Gasteiger partial charge in [-0.1, -0.05) is 57.7 Å². The number of carbonyl (C=O) groups is 3. The van der Waals surface area contributed by atoms with E-state index in [9.17, 15) is 14.4 Å². The number of ether oxygens (including phenoxy) is 4. The number of carbonyl (C=O) groups excluding carboxylic acids is 3. The predicted octanol–water partition coefficient (Wildman–Crippen LogP) is 7.83. The summed E-state index contributed by atoms with van der Waals surface area (Å²) in [4.78, 5) is 34.1. The lowest BCUT2D eigenvalue weighted by Crippen LogP contribution is -2.10. The maximum atomic E-state index is 12.3. The molecule has 0 aliphatic carbocycles. The molecule has 0 atom stereocenters. The van der Waals surface area contributed by atoms with Crippen molar-refractivity contribution >= 4 is 24.3 Å². The third-order valence-electron chi connectivity index (χ3n) is 5.20. The molecule has 3 rings (SSSR count). The highest BCUT2D eigenvalue weighted by Gasteiger charge is 2.11. The van der Waals surface area contributed by atoms with Crippen molar-refractivity contribution in [2.45, 2.75) is 41.0 Å². The monoisotopic (exact) mass is 574 g/mol. The standard InChI is InChI=1S/C22H20O6.C9H12O.C4H10/c1-3-17-14-16(15-23)6-11-20(17)28-22(25)18-7-9-19(10-8-18)26-12-5-13-27-21(24)4-2;1-7-4-5-9(10-3)8(2)6-7;1-4(2)3/h3-4,6-11,14-15H,1-2,5,12-13H2;4-6H,1-3H3;4H,1-3H3. The van der Waals surface area contributed by atoms with Gasteiger partial charge in [0.05, 0.1) is 25.9 Å². The Kier molecular flexibility index (Phi) is 16.4. The lowest BCUT2D eigenvalue weighted by molar-refractivity contribution is -0.137. The minimum atomic E-state index is -0.537. The third-order valence-corrected chi connectivity index (χ3v) is 5.20. The molecular formula is C35H42O7. The Morgan fingerprint density at radius 1 is 0.881 bits per heavy atom. The zero-order valence-electron chi connectivity index (χ0n) is 25.5. The molecule has 7 heteroatoms. The van der Waals surface area contributed by atoms with Crippen LogP contribution in [0.3, 0.4) is 0 Å². The molecule has 0 spiro atoms. The molecule has 42 heavy (non-hydrogen) atoms. The zero-order valence-corrected chi connectivity index (χ0v) is 25.5. The lowest BCUT2D eigenvalue weighted by atomic mass is 10.1. The van der Waals surface area contributed by atoms with Crippen LogP contribution in [0.1, 0.15) is 64.6 Å². The number of benzene rings is 3. The van der Waals surface area contributed by atoms with E-state index in [0.717, 1.165) is 17.7 Å². The van der Waals surface area contributed by atoms with Gasteiger partial charge in [0, 0.05) is 23.6 Å². The molecule has 0 aliphatic heterocycles. The largest absolute Gasteiger partial charge is 0.496 e. The molecule has 0 heterocycles. The van der Waals surface area contributed by atoms with Crippen LogP contribution in [0, 0.1) is 19.8 Å². The van der Waals surface area contributed by atoms with Crippen molar-refractivity contribution in [2.24, 2.45) is 5.92 Å². The van der Waals surface area contributed by atoms with Crippen LogP contribution in [0.2, 0.25) is 0 Å². The van der Waals surface area contributed by atoms with E-state index in [2.05, 4.69) is 46.9 Å². The second kappa shape index (κ2) is 19.4. The lowest BCUT2D eigenvalue weighted by Gasteiger charge is -2.09. The maximum absolute atomic E-state index is 12.3. The van der Waals surface area contributed by atoms with Crippen LogP contribution in [-0.4, -0.2) is 38.5 Å². The van der Waals surface area contributed by atoms with Crippen LogP contribution in [0.15, 0.2) is 79.9 Å². The van der Waals surface area contributed by atoms with Crippen molar-refractivity contribution in [3.63, 3.8) is 0 Å². The van der Waals surface area contributed by atoms with E-state index < -0.39 is 11.9 Å². The summed E-state index contributed by atoms with van der Waals surface area (Å²) in [5, 5.41) is 0. The van der Waals surface area contributed by atoms with Crippen molar-refractivity contribution in [3.05, 3.63) is 108 Å². The molecule has 7 nitrogen and oxygen atoms in total. The first-order chi connectivity index (χ1) is 20.0. The number of hydrogen-bond acceptors (Lipinski definition) is 7. The summed E-state index contributed by atoms with van der Waals surface area (Å²) in [5.74, 6) is 1.69. The van der Waals surface area contributed by atoms with Gasteiger partial charge in [0.25, 0.3) is 0 Å². The normalized spacial score (nSPS) is 9.69. The number of aryl methyl sites for hydroxylation is 2. The van der Waals surface area contributed by atoms with Gasteiger partial charge in [-0.3, -0.25) is 4.79 Å². The van der Waals surface area contributed by atoms with E-state index in [1.165, 1.54) is 17.2 Å². The highest BCUT2D eigenvalue weighted by Crippen LogP contribution is 2.23. The van der Waals surface area contributed by atoms with Crippen LogP contribution in [0.5, 0.6) is 17.2 Å². The van der Waals surface area contributed by atoms with Crippen LogP contribution < -0.4 is 14.2 Å². The molecule has 0 unspecified atom stereocenters. The van der Waals surface area contributed by atoms with E-state index in [1.807, 2.05) is 19.1 Å². The van der Waals surface area contributed by atoms with Crippen LogP contribution in [0.25, 0.3) is 6.08 Å². The summed E-state index contributed by atoms with van der Waals surface area (Å²) in [7, 11) is 1.69. The molecule has 0 aliphatic rings. The Bertz CT molecular complexity index is 1300. The smallest absolute Gasteiger partial charge is 0.343 e. The number of hydrogen-bond donors (Lipinski definition) is 0. The maximum Gasteiger partial charge on any atom is 0.343 e. The fraction of sp³-hybridized carbons (Fsp3) is 0.286. The topological polar surface area (TPSA) is 88.1 Å². The molecule has 0 fully saturated rings. The quantitative estimate of drug-likeness (QED) is 0.0758. The number of aldehydes is 1. The summed E-state index contributed by atoms with van der Waals surface area (Å²) in [6, 6.07) is 17.3. The highest BCUT2D eigenvalue weighted by molar-refractivity contribution is 5.92. The molecule has 0 N–H and O–H groups in total. The van der Waals surface area contributed by atoms with E-state index in [0.29, 0.717) is 47.5 Å². The zero-order chi connectivity index (χ0) is 31.5. The van der Waals surface area contributed by atoms with Gasteiger partial charge in [-0.2, -0.15) is 0 Å². The van der Waals surface area contributed by atoms with Crippen molar-refractivity contribution in [1.82, 2.24) is 0 Å². The molecule has 0 bridgehead atoms. The van der Waals surface area contributed by atoms with Gasteiger partial charge in [0.1, 0.15) is 23.5 Å².